The van der Waals surface area contributed by atoms with Crippen molar-refractivity contribution in [2.75, 3.05) is 18.8 Å². The van der Waals surface area contributed by atoms with Crippen LogP contribution in [0.15, 0.2) is 48.5 Å². The molecule has 1 amide bonds. The smallest absolute Gasteiger partial charge is 0.267 e. The third kappa shape index (κ3) is 4.55. The van der Waals surface area contributed by atoms with Gasteiger partial charge in [0.1, 0.15) is 28.8 Å². The van der Waals surface area contributed by atoms with Crippen LogP contribution in [0.4, 0.5) is 10.2 Å². The van der Waals surface area contributed by atoms with Crippen molar-refractivity contribution >= 4 is 11.7 Å². The fraction of sp³-hybridized carbons (Fsp3) is 0.227. The Labute approximate surface area is 173 Å². The highest BCUT2D eigenvalue weighted by atomic mass is 19.1. The summed E-state index contributed by atoms with van der Waals surface area (Å²) in [7, 11) is 0. The minimum absolute atomic E-state index is 0.0604. The second-order valence-corrected chi connectivity index (χ2v) is 7.23. The predicted molar refractivity (Wildman–Crippen MR) is 111 cm³/mol. The molecule has 0 spiro atoms. The number of nitrogens with two attached hydrogens (primary N) is 2. The highest BCUT2D eigenvalue weighted by Crippen LogP contribution is 2.31. The maximum Gasteiger partial charge on any atom is 0.267 e. The fourth-order valence-electron chi connectivity index (χ4n) is 3.47. The average molecular weight is 407 g/mol. The summed E-state index contributed by atoms with van der Waals surface area (Å²) in [6.07, 6.45) is 2.32. The number of rotatable bonds is 6. The van der Waals surface area contributed by atoms with Crippen LogP contribution in [-0.2, 0) is 6.54 Å². The largest absolute Gasteiger partial charge is 0.457 e. The van der Waals surface area contributed by atoms with Gasteiger partial charge in [0.15, 0.2) is 5.82 Å². The van der Waals surface area contributed by atoms with E-state index >= 15 is 0 Å². The van der Waals surface area contributed by atoms with Gasteiger partial charge in [0.2, 0.25) is 0 Å². The van der Waals surface area contributed by atoms with E-state index in [1.54, 1.807) is 18.2 Å². The lowest BCUT2D eigenvalue weighted by Gasteiger charge is -2.18. The lowest BCUT2D eigenvalue weighted by Crippen LogP contribution is -2.19. The van der Waals surface area contributed by atoms with Crippen molar-refractivity contribution in [3.05, 3.63) is 65.6 Å². The number of primary amides is 1. The molecule has 7 nitrogen and oxygen atoms in total. The molecule has 4 N–H and O–H groups in total. The summed E-state index contributed by atoms with van der Waals surface area (Å²) in [6, 6.07) is 12.8. The van der Waals surface area contributed by atoms with Gasteiger partial charge in [0, 0.05) is 23.7 Å². The first-order valence-electron chi connectivity index (χ1n) is 9.71. The number of amides is 1. The van der Waals surface area contributed by atoms with E-state index in [4.69, 9.17) is 16.2 Å². The van der Waals surface area contributed by atoms with Crippen molar-refractivity contribution in [3.63, 3.8) is 0 Å². The first kappa shape index (κ1) is 19.8. The number of carbonyl (C=O) groups excluding carboxylic acids is 1. The van der Waals surface area contributed by atoms with E-state index in [0.717, 1.165) is 31.5 Å². The van der Waals surface area contributed by atoms with Crippen LogP contribution in [0.25, 0.3) is 11.4 Å². The first-order chi connectivity index (χ1) is 14.5. The van der Waals surface area contributed by atoms with E-state index in [2.05, 4.69) is 14.9 Å². The zero-order valence-electron chi connectivity index (χ0n) is 16.3. The van der Waals surface area contributed by atoms with Crippen molar-refractivity contribution in [1.29, 1.82) is 0 Å². The van der Waals surface area contributed by atoms with E-state index in [0.29, 0.717) is 29.4 Å². The molecule has 154 valence electrons. The second-order valence-electron chi connectivity index (χ2n) is 7.23. The summed E-state index contributed by atoms with van der Waals surface area (Å²) in [4.78, 5) is 22.4. The number of halogens is 1. The lowest BCUT2D eigenvalue weighted by atomic mass is 10.1. The van der Waals surface area contributed by atoms with Gasteiger partial charge in [-0.05, 0) is 68.4 Å². The minimum atomic E-state index is -0.668. The van der Waals surface area contributed by atoms with E-state index < -0.39 is 5.91 Å². The molecule has 2 aromatic carbocycles. The Morgan fingerprint density at radius 3 is 2.50 bits per heavy atom. The maximum absolute atomic E-state index is 13.2. The number of benzene rings is 2. The van der Waals surface area contributed by atoms with Crippen LogP contribution in [-0.4, -0.2) is 33.9 Å². The highest BCUT2D eigenvalue weighted by molar-refractivity contribution is 5.91. The Bertz CT molecular complexity index is 1070. The van der Waals surface area contributed by atoms with Crippen LogP contribution in [0.5, 0.6) is 11.5 Å². The molecule has 0 saturated carbocycles. The van der Waals surface area contributed by atoms with E-state index in [1.165, 1.54) is 18.2 Å². The predicted octanol–water partition coefficient (Wildman–Crippen LogP) is 3.35. The SMILES string of the molecule is NC(=O)c1cc(N)nc(-c2ccc(Oc3ccc(F)cc3)c(CN3CCCC3)c2)n1. The van der Waals surface area contributed by atoms with Gasteiger partial charge in [-0.15, -0.1) is 0 Å². The van der Waals surface area contributed by atoms with Gasteiger partial charge in [0.05, 0.1) is 0 Å². The molecule has 1 aliphatic heterocycles. The molecule has 2 heterocycles. The van der Waals surface area contributed by atoms with Crippen LogP contribution in [0.1, 0.15) is 28.9 Å². The molecule has 4 rings (SSSR count). The molecule has 30 heavy (non-hydrogen) atoms. The topological polar surface area (TPSA) is 107 Å². The Hall–Kier alpha value is -3.52. The van der Waals surface area contributed by atoms with E-state index in [9.17, 15) is 9.18 Å². The van der Waals surface area contributed by atoms with E-state index in [1.807, 2.05) is 12.1 Å². The molecule has 0 radical (unpaired) electrons. The Morgan fingerprint density at radius 2 is 1.80 bits per heavy atom. The minimum Gasteiger partial charge on any atom is -0.457 e. The Kier molecular flexibility index (Phi) is 5.58. The number of aromatic nitrogens is 2. The summed E-state index contributed by atoms with van der Waals surface area (Å²) in [5, 5.41) is 0. The summed E-state index contributed by atoms with van der Waals surface area (Å²) < 4.78 is 19.2. The molecule has 3 aromatic rings. The number of nitrogen functional groups attached to an aromatic ring is 1. The molecule has 0 unspecified atom stereocenters. The number of hydrogen-bond donors (Lipinski definition) is 2. The third-order valence-electron chi connectivity index (χ3n) is 4.95. The zero-order valence-corrected chi connectivity index (χ0v) is 16.3. The molecule has 8 heteroatoms. The van der Waals surface area contributed by atoms with Crippen LogP contribution in [0, 0.1) is 5.82 Å². The molecule has 1 aliphatic rings. The third-order valence-corrected chi connectivity index (χ3v) is 4.95. The van der Waals surface area contributed by atoms with Crippen LogP contribution in [0.2, 0.25) is 0 Å². The molecule has 0 atom stereocenters. The van der Waals surface area contributed by atoms with Crippen LogP contribution >= 0.6 is 0 Å². The van der Waals surface area contributed by atoms with Crippen LogP contribution < -0.4 is 16.2 Å². The highest BCUT2D eigenvalue weighted by Gasteiger charge is 2.17. The summed E-state index contributed by atoms with van der Waals surface area (Å²) in [5.74, 6) is 0.707. The number of anilines is 1. The summed E-state index contributed by atoms with van der Waals surface area (Å²) in [5.41, 5.74) is 12.9. The molecule has 1 fully saturated rings. The number of nitrogens with zero attached hydrogens (tertiary/aromatic N) is 3. The maximum atomic E-state index is 13.2. The molecular formula is C22H22FN5O2. The fourth-order valence-corrected chi connectivity index (χ4v) is 3.47. The van der Waals surface area contributed by atoms with Gasteiger partial charge in [-0.2, -0.15) is 0 Å². The van der Waals surface area contributed by atoms with E-state index in [-0.39, 0.29) is 17.3 Å². The summed E-state index contributed by atoms with van der Waals surface area (Å²) >= 11 is 0. The molecular weight excluding hydrogens is 385 g/mol. The number of likely N-dealkylation sites (tertiary alicyclic amines) is 1. The van der Waals surface area contributed by atoms with Crippen molar-refractivity contribution in [1.82, 2.24) is 14.9 Å². The monoisotopic (exact) mass is 407 g/mol. The molecule has 1 aromatic heterocycles. The number of hydrogen-bond acceptors (Lipinski definition) is 6. The van der Waals surface area contributed by atoms with Crippen molar-refractivity contribution in [3.8, 4) is 22.9 Å². The van der Waals surface area contributed by atoms with Gasteiger partial charge in [-0.25, -0.2) is 14.4 Å². The quantitative estimate of drug-likeness (QED) is 0.649. The van der Waals surface area contributed by atoms with Gasteiger partial charge in [0.25, 0.3) is 5.91 Å². The standard InChI is InChI=1S/C22H22FN5O2/c23-16-4-6-17(7-5-16)30-19-8-3-14(11-15(19)13-28-9-1-2-10-28)22-26-18(21(25)29)12-20(24)27-22/h3-8,11-12H,1-2,9-10,13H2,(H2,25,29)(H2,24,26,27). The van der Waals surface area contributed by atoms with Gasteiger partial charge in [-0.1, -0.05) is 0 Å². The molecule has 1 saturated heterocycles. The summed E-state index contributed by atoms with van der Waals surface area (Å²) in [6.45, 7) is 2.72. The molecule has 0 aliphatic carbocycles. The average Bonchev–Trinajstić information content (AvgIpc) is 3.23. The number of carbonyl (C=O) groups is 1. The second kappa shape index (κ2) is 8.46. The Morgan fingerprint density at radius 1 is 1.07 bits per heavy atom. The van der Waals surface area contributed by atoms with Gasteiger partial charge in [-0.3, -0.25) is 9.69 Å². The Balaban J connectivity index is 1.71. The van der Waals surface area contributed by atoms with Crippen molar-refractivity contribution in [2.24, 2.45) is 5.73 Å². The lowest BCUT2D eigenvalue weighted by molar-refractivity contribution is 0.0995. The van der Waals surface area contributed by atoms with Gasteiger partial charge >= 0.3 is 0 Å². The van der Waals surface area contributed by atoms with Crippen molar-refractivity contribution in [2.45, 2.75) is 19.4 Å². The number of ether oxygens (including phenoxy) is 1. The zero-order chi connectivity index (χ0) is 21.1. The normalized spacial score (nSPS) is 14.0. The molecule has 0 bridgehead atoms. The van der Waals surface area contributed by atoms with Crippen LogP contribution in [0.3, 0.4) is 0 Å². The van der Waals surface area contributed by atoms with Crippen molar-refractivity contribution < 1.29 is 13.9 Å². The first-order valence-corrected chi connectivity index (χ1v) is 9.71. The van der Waals surface area contributed by atoms with Gasteiger partial charge < -0.3 is 16.2 Å².